The largest absolute Gasteiger partial charge is 0.484 e. The molecule has 1 amide bonds. The first kappa shape index (κ1) is 21.1. The zero-order valence-electron chi connectivity index (χ0n) is 17.8. The van der Waals surface area contributed by atoms with Gasteiger partial charge in [-0.05, 0) is 60.6 Å². The SMILES string of the molecule is O=C(COc1ccc2c(c1)CCC21CCOC1)N[C@@H](Cc1coc2ccccc12)B(O)O. The summed E-state index contributed by atoms with van der Waals surface area (Å²) in [6.45, 7) is 1.38. The topological polar surface area (TPSA) is 101 Å². The van der Waals surface area contributed by atoms with E-state index >= 15 is 0 Å². The quantitative estimate of drug-likeness (QED) is 0.492. The molecule has 3 N–H and O–H groups in total. The summed E-state index contributed by atoms with van der Waals surface area (Å²) in [6, 6.07) is 13.5. The fourth-order valence-corrected chi connectivity index (χ4v) is 4.97. The second-order valence-corrected chi connectivity index (χ2v) is 8.74. The highest BCUT2D eigenvalue weighted by molar-refractivity contribution is 6.43. The van der Waals surface area contributed by atoms with Crippen LogP contribution < -0.4 is 10.1 Å². The lowest BCUT2D eigenvalue weighted by Gasteiger charge is -2.22. The van der Waals surface area contributed by atoms with Crippen molar-refractivity contribution in [2.45, 2.75) is 37.0 Å². The van der Waals surface area contributed by atoms with Crippen LogP contribution >= 0.6 is 0 Å². The zero-order chi connectivity index (χ0) is 22.1. The van der Waals surface area contributed by atoms with Gasteiger partial charge in [-0.25, -0.2) is 0 Å². The molecular weight excluding hydrogens is 409 g/mol. The Bertz CT molecular complexity index is 1120. The Balaban J connectivity index is 1.20. The summed E-state index contributed by atoms with van der Waals surface area (Å²) < 4.78 is 16.8. The summed E-state index contributed by atoms with van der Waals surface area (Å²) in [6.07, 6.45) is 4.93. The van der Waals surface area contributed by atoms with Crippen LogP contribution in [0.1, 0.15) is 29.5 Å². The molecule has 2 aromatic carbocycles. The number of carbonyl (C=O) groups is 1. The molecular formula is C24H26BNO6. The third kappa shape index (κ3) is 4.01. The number of nitrogens with one attached hydrogen (secondary N) is 1. The van der Waals surface area contributed by atoms with Crippen molar-refractivity contribution in [1.29, 1.82) is 0 Å². The molecule has 1 spiro atoms. The minimum atomic E-state index is -1.71. The molecule has 0 radical (unpaired) electrons. The maximum Gasteiger partial charge on any atom is 0.475 e. The third-order valence-electron chi connectivity index (χ3n) is 6.70. The van der Waals surface area contributed by atoms with Crippen molar-refractivity contribution in [1.82, 2.24) is 5.32 Å². The number of ether oxygens (including phenoxy) is 2. The van der Waals surface area contributed by atoms with Crippen LogP contribution in [0.2, 0.25) is 0 Å². The average Bonchev–Trinajstić information content (AvgIpc) is 3.52. The van der Waals surface area contributed by atoms with Gasteiger partial charge in [-0.3, -0.25) is 4.79 Å². The van der Waals surface area contributed by atoms with E-state index in [-0.39, 0.29) is 18.4 Å². The Morgan fingerprint density at radius 2 is 2.09 bits per heavy atom. The number of furan rings is 1. The van der Waals surface area contributed by atoms with Gasteiger partial charge in [0, 0.05) is 17.4 Å². The molecule has 1 saturated heterocycles. The summed E-state index contributed by atoms with van der Waals surface area (Å²) in [5.74, 6) is -0.664. The van der Waals surface area contributed by atoms with Gasteiger partial charge in [0.2, 0.25) is 0 Å². The van der Waals surface area contributed by atoms with Crippen LogP contribution in [0, 0.1) is 0 Å². The van der Waals surface area contributed by atoms with Gasteiger partial charge in [0.05, 0.1) is 18.8 Å². The monoisotopic (exact) mass is 435 g/mol. The normalized spacial score (nSPS) is 20.4. The van der Waals surface area contributed by atoms with Crippen LogP contribution in [0.3, 0.4) is 0 Å². The van der Waals surface area contributed by atoms with Crippen LogP contribution in [0.4, 0.5) is 0 Å². The van der Waals surface area contributed by atoms with E-state index in [9.17, 15) is 14.8 Å². The Hall–Kier alpha value is -2.81. The molecule has 2 aliphatic rings. The number of rotatable bonds is 7. The molecule has 7 nitrogen and oxygen atoms in total. The highest BCUT2D eigenvalue weighted by Gasteiger charge is 2.41. The molecule has 1 aliphatic heterocycles. The van der Waals surface area contributed by atoms with Crippen molar-refractivity contribution in [2.24, 2.45) is 0 Å². The van der Waals surface area contributed by atoms with E-state index in [0.717, 1.165) is 43.4 Å². The minimum Gasteiger partial charge on any atom is -0.484 e. The Morgan fingerprint density at radius 3 is 2.91 bits per heavy atom. The second-order valence-electron chi connectivity index (χ2n) is 8.74. The van der Waals surface area contributed by atoms with E-state index < -0.39 is 19.0 Å². The average molecular weight is 435 g/mol. The fourth-order valence-electron chi connectivity index (χ4n) is 4.97. The fraction of sp³-hybridized carbons (Fsp3) is 0.375. The van der Waals surface area contributed by atoms with Gasteiger partial charge in [0.1, 0.15) is 11.3 Å². The summed E-state index contributed by atoms with van der Waals surface area (Å²) >= 11 is 0. The van der Waals surface area contributed by atoms with E-state index in [2.05, 4.69) is 11.4 Å². The summed E-state index contributed by atoms with van der Waals surface area (Å²) in [7, 11) is -1.71. The molecule has 0 saturated carbocycles. The van der Waals surface area contributed by atoms with E-state index in [1.54, 1.807) is 6.26 Å². The van der Waals surface area contributed by atoms with Gasteiger partial charge >= 0.3 is 7.12 Å². The van der Waals surface area contributed by atoms with Gasteiger partial charge in [-0.15, -0.1) is 0 Å². The standard InChI is InChI=1S/C24H26BNO6/c27-23(26-22(25(28)29)12-17-13-32-21-4-2-1-3-19(17)21)14-31-18-5-6-20-16(11-18)7-8-24(20)9-10-30-15-24/h1-6,11,13,22,28-29H,7-10,12,14-15H2,(H,26,27)/t22-,24?/m0/s1. The third-order valence-corrected chi connectivity index (χ3v) is 6.70. The zero-order valence-corrected chi connectivity index (χ0v) is 17.8. The van der Waals surface area contributed by atoms with Crippen molar-refractivity contribution in [3.8, 4) is 5.75 Å². The van der Waals surface area contributed by atoms with Crippen molar-refractivity contribution in [3.63, 3.8) is 0 Å². The second kappa shape index (κ2) is 8.62. The Kier molecular flexibility index (Phi) is 5.67. The first-order valence-corrected chi connectivity index (χ1v) is 11.0. The number of hydrogen-bond donors (Lipinski definition) is 3. The van der Waals surface area contributed by atoms with Gasteiger partial charge in [-0.1, -0.05) is 24.3 Å². The maximum absolute atomic E-state index is 12.5. The lowest BCUT2D eigenvalue weighted by Crippen LogP contribution is -2.49. The lowest BCUT2D eigenvalue weighted by molar-refractivity contribution is -0.123. The van der Waals surface area contributed by atoms with Gasteiger partial charge in [-0.2, -0.15) is 0 Å². The highest BCUT2D eigenvalue weighted by Crippen LogP contribution is 2.45. The number of hydrogen-bond acceptors (Lipinski definition) is 6. The molecule has 1 aromatic heterocycles. The van der Waals surface area contributed by atoms with Gasteiger partial charge in [0.25, 0.3) is 5.91 Å². The molecule has 1 fully saturated rings. The van der Waals surface area contributed by atoms with E-state index in [4.69, 9.17) is 13.9 Å². The highest BCUT2D eigenvalue weighted by atomic mass is 16.5. The van der Waals surface area contributed by atoms with Crippen molar-refractivity contribution in [3.05, 3.63) is 65.4 Å². The number of fused-ring (bicyclic) bond motifs is 3. The molecule has 1 aliphatic carbocycles. The maximum atomic E-state index is 12.5. The molecule has 166 valence electrons. The number of aryl methyl sites for hydroxylation is 1. The Morgan fingerprint density at radius 1 is 1.22 bits per heavy atom. The summed E-state index contributed by atoms with van der Waals surface area (Å²) in [5, 5.41) is 23.1. The Labute approximate surface area is 186 Å². The molecule has 1 unspecified atom stereocenters. The molecule has 3 aromatic rings. The van der Waals surface area contributed by atoms with Crippen molar-refractivity contribution >= 4 is 24.0 Å². The van der Waals surface area contributed by atoms with Crippen LogP contribution in [-0.4, -0.2) is 48.8 Å². The first-order valence-electron chi connectivity index (χ1n) is 11.0. The smallest absolute Gasteiger partial charge is 0.475 e. The number of amides is 1. The van der Waals surface area contributed by atoms with Crippen molar-refractivity contribution < 1.29 is 28.7 Å². The molecule has 2 atom stereocenters. The minimum absolute atomic E-state index is 0.146. The number of benzene rings is 2. The summed E-state index contributed by atoms with van der Waals surface area (Å²) in [4.78, 5) is 12.5. The van der Waals surface area contributed by atoms with Gasteiger partial charge < -0.3 is 29.3 Å². The predicted molar refractivity (Wildman–Crippen MR) is 119 cm³/mol. The molecule has 5 rings (SSSR count). The molecule has 0 bridgehead atoms. The summed E-state index contributed by atoms with van der Waals surface area (Å²) in [5.41, 5.74) is 4.24. The molecule has 32 heavy (non-hydrogen) atoms. The predicted octanol–water partition coefficient (Wildman–Crippen LogP) is 2.16. The van der Waals surface area contributed by atoms with Crippen LogP contribution in [0.5, 0.6) is 5.75 Å². The van der Waals surface area contributed by atoms with Gasteiger partial charge in [0.15, 0.2) is 6.61 Å². The number of para-hydroxylation sites is 1. The van der Waals surface area contributed by atoms with Crippen LogP contribution in [0.25, 0.3) is 11.0 Å². The first-order chi connectivity index (χ1) is 15.5. The van der Waals surface area contributed by atoms with E-state index in [1.165, 1.54) is 11.1 Å². The molecule has 2 heterocycles. The van der Waals surface area contributed by atoms with Crippen molar-refractivity contribution in [2.75, 3.05) is 19.8 Å². The number of carbonyl (C=O) groups excluding carboxylic acids is 1. The van der Waals surface area contributed by atoms with E-state index in [0.29, 0.717) is 11.3 Å². The lowest BCUT2D eigenvalue weighted by atomic mass is 9.76. The molecule has 8 heteroatoms. The van der Waals surface area contributed by atoms with Crippen LogP contribution in [-0.2, 0) is 27.8 Å². The van der Waals surface area contributed by atoms with E-state index in [1.807, 2.05) is 36.4 Å². The van der Waals surface area contributed by atoms with Crippen LogP contribution in [0.15, 0.2) is 53.1 Å².